The van der Waals surface area contributed by atoms with Crippen LogP contribution in [0.1, 0.15) is 39.0 Å². The average molecular weight is 280 g/mol. The Morgan fingerprint density at radius 2 is 2.10 bits per heavy atom. The van der Waals surface area contributed by atoms with Gasteiger partial charge >= 0.3 is 0 Å². The minimum atomic E-state index is -0.653. The maximum absolute atomic E-state index is 13.3. The van der Waals surface area contributed by atoms with Crippen molar-refractivity contribution in [2.45, 2.75) is 51.2 Å². The highest BCUT2D eigenvalue weighted by Crippen LogP contribution is 2.20. The number of amides is 1. The molecule has 1 aromatic rings. The quantitative estimate of drug-likeness (QED) is 0.833. The number of hydrogen-bond acceptors (Lipinski definition) is 3. The number of anilines is 1. The maximum atomic E-state index is 13.3. The second kappa shape index (κ2) is 6.59. The summed E-state index contributed by atoms with van der Waals surface area (Å²) in [5.74, 6) is -0.389. The van der Waals surface area contributed by atoms with Gasteiger partial charge in [-0.2, -0.15) is 0 Å². The number of halogens is 1. The van der Waals surface area contributed by atoms with Crippen LogP contribution in [0.25, 0.3) is 0 Å². The van der Waals surface area contributed by atoms with Gasteiger partial charge < -0.3 is 15.8 Å². The summed E-state index contributed by atoms with van der Waals surface area (Å²) >= 11 is 0. The monoisotopic (exact) mass is 280 g/mol. The molecule has 1 unspecified atom stereocenters. The SMILES string of the molecule is CC(Oc1ccc(N)c(F)c1)C(=O)NC1CCCCC1. The van der Waals surface area contributed by atoms with Gasteiger partial charge in [0.1, 0.15) is 11.6 Å². The van der Waals surface area contributed by atoms with Crippen LogP contribution in [-0.2, 0) is 4.79 Å². The molecule has 0 spiro atoms. The largest absolute Gasteiger partial charge is 0.481 e. The summed E-state index contributed by atoms with van der Waals surface area (Å²) in [5, 5.41) is 2.98. The van der Waals surface area contributed by atoms with E-state index in [9.17, 15) is 9.18 Å². The van der Waals surface area contributed by atoms with Crippen LogP contribution < -0.4 is 15.8 Å². The minimum absolute atomic E-state index is 0.0664. The van der Waals surface area contributed by atoms with Gasteiger partial charge in [0.05, 0.1) is 5.69 Å². The van der Waals surface area contributed by atoms with E-state index in [1.165, 1.54) is 18.6 Å². The Balaban J connectivity index is 1.88. The first kappa shape index (κ1) is 14.6. The molecule has 5 heteroatoms. The normalized spacial score (nSPS) is 17.5. The third-order valence-electron chi connectivity index (χ3n) is 3.61. The summed E-state index contributed by atoms with van der Waals surface area (Å²) in [7, 11) is 0. The Labute approximate surface area is 118 Å². The number of benzene rings is 1. The van der Waals surface area contributed by atoms with Gasteiger partial charge in [-0.1, -0.05) is 19.3 Å². The van der Waals surface area contributed by atoms with Crippen LogP contribution in [0.15, 0.2) is 18.2 Å². The van der Waals surface area contributed by atoms with E-state index in [1.54, 1.807) is 13.0 Å². The average Bonchev–Trinajstić information content (AvgIpc) is 2.44. The van der Waals surface area contributed by atoms with E-state index in [0.29, 0.717) is 5.75 Å². The lowest BCUT2D eigenvalue weighted by Crippen LogP contribution is -2.43. The Morgan fingerprint density at radius 1 is 1.40 bits per heavy atom. The van der Waals surface area contributed by atoms with Crippen molar-refractivity contribution in [3.8, 4) is 5.75 Å². The predicted octanol–water partition coefficient (Wildman–Crippen LogP) is 2.62. The highest BCUT2D eigenvalue weighted by molar-refractivity contribution is 5.81. The van der Waals surface area contributed by atoms with Crippen LogP contribution in [0.3, 0.4) is 0 Å². The van der Waals surface area contributed by atoms with E-state index < -0.39 is 11.9 Å². The van der Waals surface area contributed by atoms with Crippen molar-refractivity contribution in [3.05, 3.63) is 24.0 Å². The first-order valence-corrected chi connectivity index (χ1v) is 7.08. The number of nitrogens with two attached hydrogens (primary N) is 1. The molecule has 2 rings (SSSR count). The third kappa shape index (κ3) is 3.85. The molecule has 0 heterocycles. The third-order valence-corrected chi connectivity index (χ3v) is 3.61. The van der Waals surface area contributed by atoms with Crippen molar-refractivity contribution in [2.75, 3.05) is 5.73 Å². The standard InChI is InChI=1S/C15H21FN2O2/c1-10(15(19)18-11-5-3-2-4-6-11)20-12-7-8-14(17)13(16)9-12/h7-11H,2-6,17H2,1H3,(H,18,19). The Kier molecular flexibility index (Phi) is 4.82. The topological polar surface area (TPSA) is 64.3 Å². The molecule has 3 N–H and O–H groups in total. The molecule has 1 saturated carbocycles. The van der Waals surface area contributed by atoms with Crippen LogP contribution in [0.2, 0.25) is 0 Å². The van der Waals surface area contributed by atoms with Crippen LogP contribution in [-0.4, -0.2) is 18.1 Å². The van der Waals surface area contributed by atoms with Gasteiger partial charge in [-0.05, 0) is 31.9 Å². The number of nitrogen functional groups attached to an aromatic ring is 1. The molecule has 20 heavy (non-hydrogen) atoms. The zero-order valence-electron chi connectivity index (χ0n) is 11.7. The van der Waals surface area contributed by atoms with Gasteiger partial charge in [0, 0.05) is 12.1 Å². The minimum Gasteiger partial charge on any atom is -0.481 e. The van der Waals surface area contributed by atoms with E-state index in [1.807, 2.05) is 0 Å². The molecule has 1 aliphatic rings. The molecule has 1 amide bonds. The summed E-state index contributed by atoms with van der Waals surface area (Å²) in [4.78, 5) is 12.0. The van der Waals surface area contributed by atoms with Gasteiger partial charge in [-0.3, -0.25) is 4.79 Å². The fraction of sp³-hybridized carbons (Fsp3) is 0.533. The number of carbonyl (C=O) groups is 1. The fourth-order valence-electron chi connectivity index (χ4n) is 2.40. The van der Waals surface area contributed by atoms with E-state index in [4.69, 9.17) is 10.5 Å². The zero-order chi connectivity index (χ0) is 14.5. The van der Waals surface area contributed by atoms with Gasteiger partial charge in [0.25, 0.3) is 5.91 Å². The van der Waals surface area contributed by atoms with Crippen molar-refractivity contribution in [2.24, 2.45) is 0 Å². The van der Waals surface area contributed by atoms with E-state index in [-0.39, 0.29) is 17.6 Å². The molecule has 0 saturated heterocycles. The smallest absolute Gasteiger partial charge is 0.260 e. The summed E-state index contributed by atoms with van der Waals surface area (Å²) < 4.78 is 18.7. The molecule has 110 valence electrons. The first-order valence-electron chi connectivity index (χ1n) is 7.08. The first-order chi connectivity index (χ1) is 9.56. The Hall–Kier alpha value is -1.78. The number of nitrogens with one attached hydrogen (secondary N) is 1. The summed E-state index contributed by atoms with van der Waals surface area (Å²) in [6.45, 7) is 1.66. The Bertz CT molecular complexity index is 473. The number of rotatable bonds is 4. The summed E-state index contributed by atoms with van der Waals surface area (Å²) in [5.41, 5.74) is 5.46. The van der Waals surface area contributed by atoms with Crippen molar-refractivity contribution >= 4 is 11.6 Å². The molecular weight excluding hydrogens is 259 g/mol. The number of hydrogen-bond donors (Lipinski definition) is 2. The molecule has 0 radical (unpaired) electrons. The van der Waals surface area contributed by atoms with Gasteiger partial charge in [0.15, 0.2) is 6.10 Å². The van der Waals surface area contributed by atoms with Crippen molar-refractivity contribution in [1.29, 1.82) is 0 Å². The second-order valence-corrected chi connectivity index (χ2v) is 5.29. The van der Waals surface area contributed by atoms with Crippen molar-refractivity contribution in [1.82, 2.24) is 5.32 Å². The second-order valence-electron chi connectivity index (χ2n) is 5.29. The summed E-state index contributed by atoms with van der Waals surface area (Å²) in [6.07, 6.45) is 4.94. The zero-order valence-corrected chi connectivity index (χ0v) is 11.7. The van der Waals surface area contributed by atoms with Crippen LogP contribution in [0, 0.1) is 5.82 Å². The van der Waals surface area contributed by atoms with Crippen molar-refractivity contribution < 1.29 is 13.9 Å². The Morgan fingerprint density at radius 3 is 2.75 bits per heavy atom. The molecule has 0 aliphatic heterocycles. The molecular formula is C15H21FN2O2. The van der Waals surface area contributed by atoms with Gasteiger partial charge in [0.2, 0.25) is 0 Å². The molecule has 4 nitrogen and oxygen atoms in total. The van der Waals surface area contributed by atoms with Crippen LogP contribution >= 0.6 is 0 Å². The lowest BCUT2D eigenvalue weighted by molar-refractivity contribution is -0.128. The van der Waals surface area contributed by atoms with Gasteiger partial charge in [-0.15, -0.1) is 0 Å². The molecule has 1 atom stereocenters. The highest BCUT2D eigenvalue weighted by Gasteiger charge is 2.20. The lowest BCUT2D eigenvalue weighted by atomic mass is 9.95. The molecule has 0 bridgehead atoms. The van der Waals surface area contributed by atoms with Crippen LogP contribution in [0.4, 0.5) is 10.1 Å². The molecule has 1 fully saturated rings. The van der Waals surface area contributed by atoms with Crippen LogP contribution in [0.5, 0.6) is 5.75 Å². The summed E-state index contributed by atoms with van der Waals surface area (Å²) in [6, 6.07) is 4.42. The predicted molar refractivity (Wildman–Crippen MR) is 75.9 cm³/mol. The van der Waals surface area contributed by atoms with Crippen molar-refractivity contribution in [3.63, 3.8) is 0 Å². The van der Waals surface area contributed by atoms with E-state index in [0.717, 1.165) is 25.7 Å². The van der Waals surface area contributed by atoms with E-state index in [2.05, 4.69) is 5.32 Å². The number of ether oxygens (including phenoxy) is 1. The maximum Gasteiger partial charge on any atom is 0.260 e. The van der Waals surface area contributed by atoms with E-state index >= 15 is 0 Å². The molecule has 0 aromatic heterocycles. The highest BCUT2D eigenvalue weighted by atomic mass is 19.1. The fourth-order valence-corrected chi connectivity index (χ4v) is 2.40. The molecule has 1 aromatic carbocycles. The number of carbonyl (C=O) groups excluding carboxylic acids is 1. The molecule has 1 aliphatic carbocycles. The lowest BCUT2D eigenvalue weighted by Gasteiger charge is -2.24. The van der Waals surface area contributed by atoms with Gasteiger partial charge in [-0.25, -0.2) is 4.39 Å².